The number of benzene rings is 1. The minimum atomic E-state index is 0.190. The Kier molecular flexibility index (Phi) is 5.46. The zero-order chi connectivity index (χ0) is 16.2. The molecule has 1 aromatic rings. The number of fused-ring (bicyclic) bond motifs is 1. The van der Waals surface area contributed by atoms with Crippen LogP contribution in [-0.4, -0.2) is 79.0 Å². The fourth-order valence-electron chi connectivity index (χ4n) is 3.17. The van der Waals surface area contributed by atoms with Gasteiger partial charge in [-0.1, -0.05) is 6.07 Å². The average Bonchev–Trinajstić information content (AvgIpc) is 2.56. The molecule has 2 aliphatic rings. The van der Waals surface area contributed by atoms with Crippen molar-refractivity contribution < 1.29 is 9.90 Å². The standard InChI is InChI=1S/C17H25N3O2S/c1-14-2-3-16-15(12-14)20(9-11-23-16)13-17(22)19-6-4-18(5-7-19)8-10-21/h2-3,12,21H,4-11,13H2,1H3. The smallest absolute Gasteiger partial charge is 0.242 e. The molecule has 1 amide bonds. The van der Waals surface area contributed by atoms with Gasteiger partial charge in [0.1, 0.15) is 0 Å². The first-order valence-electron chi connectivity index (χ1n) is 8.27. The molecule has 126 valence electrons. The minimum Gasteiger partial charge on any atom is -0.395 e. The predicted molar refractivity (Wildman–Crippen MR) is 94.2 cm³/mol. The van der Waals surface area contributed by atoms with E-state index in [1.807, 2.05) is 16.7 Å². The number of aliphatic hydroxyl groups excluding tert-OH is 1. The molecule has 0 saturated carbocycles. The quantitative estimate of drug-likeness (QED) is 0.891. The highest BCUT2D eigenvalue weighted by Crippen LogP contribution is 2.35. The van der Waals surface area contributed by atoms with Crippen LogP contribution in [-0.2, 0) is 4.79 Å². The lowest BCUT2D eigenvalue weighted by Gasteiger charge is -2.37. The lowest BCUT2D eigenvalue weighted by atomic mass is 10.2. The third kappa shape index (κ3) is 4.00. The second kappa shape index (κ2) is 7.55. The van der Waals surface area contributed by atoms with Crippen LogP contribution in [0, 0.1) is 6.92 Å². The molecule has 6 heteroatoms. The molecule has 0 atom stereocenters. The van der Waals surface area contributed by atoms with Crippen LogP contribution in [0.2, 0.25) is 0 Å². The van der Waals surface area contributed by atoms with Crippen molar-refractivity contribution in [2.75, 3.05) is 63.1 Å². The topological polar surface area (TPSA) is 47.0 Å². The molecule has 0 spiro atoms. The number of aryl methyl sites for hydroxylation is 1. The highest BCUT2D eigenvalue weighted by atomic mass is 32.2. The second-order valence-corrected chi connectivity index (χ2v) is 7.32. The largest absolute Gasteiger partial charge is 0.395 e. The van der Waals surface area contributed by atoms with E-state index in [1.54, 1.807) is 0 Å². The number of β-amino-alcohol motifs (C(OH)–C–C–N with tert-alkyl or cyclic N) is 1. The number of hydrogen-bond acceptors (Lipinski definition) is 5. The van der Waals surface area contributed by atoms with Crippen molar-refractivity contribution in [3.63, 3.8) is 0 Å². The van der Waals surface area contributed by atoms with Gasteiger partial charge < -0.3 is 14.9 Å². The first kappa shape index (κ1) is 16.6. The number of carbonyl (C=O) groups is 1. The van der Waals surface area contributed by atoms with Crippen molar-refractivity contribution >= 4 is 23.4 Å². The molecule has 2 aliphatic heterocycles. The summed E-state index contributed by atoms with van der Waals surface area (Å²) in [5, 5.41) is 8.99. The van der Waals surface area contributed by atoms with Crippen LogP contribution in [0.25, 0.3) is 0 Å². The van der Waals surface area contributed by atoms with Gasteiger partial charge in [0, 0.05) is 49.9 Å². The van der Waals surface area contributed by atoms with Crippen LogP contribution in [0.4, 0.5) is 5.69 Å². The van der Waals surface area contributed by atoms with Crippen LogP contribution in [0.3, 0.4) is 0 Å². The molecule has 0 bridgehead atoms. The van der Waals surface area contributed by atoms with Crippen LogP contribution >= 0.6 is 11.8 Å². The Morgan fingerprint density at radius 1 is 1.22 bits per heavy atom. The number of thioether (sulfide) groups is 1. The maximum absolute atomic E-state index is 12.6. The molecular weight excluding hydrogens is 310 g/mol. The summed E-state index contributed by atoms with van der Waals surface area (Å²) in [6, 6.07) is 6.49. The van der Waals surface area contributed by atoms with E-state index < -0.39 is 0 Å². The lowest BCUT2D eigenvalue weighted by Crippen LogP contribution is -2.52. The molecule has 2 heterocycles. The van der Waals surface area contributed by atoms with Gasteiger partial charge in [-0.25, -0.2) is 0 Å². The van der Waals surface area contributed by atoms with Crippen LogP contribution in [0.1, 0.15) is 5.56 Å². The van der Waals surface area contributed by atoms with Gasteiger partial charge in [-0.3, -0.25) is 9.69 Å². The normalized spacial score (nSPS) is 18.9. The molecule has 1 fully saturated rings. The number of aliphatic hydroxyl groups is 1. The molecule has 0 radical (unpaired) electrons. The van der Waals surface area contributed by atoms with Crippen LogP contribution in [0.15, 0.2) is 23.1 Å². The fourth-order valence-corrected chi connectivity index (χ4v) is 4.20. The van der Waals surface area contributed by atoms with Crippen molar-refractivity contribution in [1.82, 2.24) is 9.80 Å². The molecule has 0 unspecified atom stereocenters. The maximum Gasteiger partial charge on any atom is 0.242 e. The second-order valence-electron chi connectivity index (χ2n) is 6.19. The predicted octanol–water partition coefficient (Wildman–Crippen LogP) is 1.04. The highest BCUT2D eigenvalue weighted by Gasteiger charge is 2.25. The Balaban J connectivity index is 1.60. The summed E-state index contributed by atoms with van der Waals surface area (Å²) >= 11 is 1.87. The van der Waals surface area contributed by atoms with E-state index >= 15 is 0 Å². The Hall–Kier alpha value is -1.24. The van der Waals surface area contributed by atoms with E-state index in [0.717, 1.165) is 38.5 Å². The zero-order valence-electron chi connectivity index (χ0n) is 13.7. The Morgan fingerprint density at radius 3 is 2.74 bits per heavy atom. The van der Waals surface area contributed by atoms with Crippen molar-refractivity contribution in [1.29, 1.82) is 0 Å². The van der Waals surface area contributed by atoms with Crippen molar-refractivity contribution in [3.8, 4) is 0 Å². The van der Waals surface area contributed by atoms with Gasteiger partial charge in [-0.05, 0) is 24.6 Å². The molecule has 5 nitrogen and oxygen atoms in total. The van der Waals surface area contributed by atoms with Crippen molar-refractivity contribution in [2.24, 2.45) is 0 Å². The number of hydrogen-bond donors (Lipinski definition) is 1. The number of amides is 1. The highest BCUT2D eigenvalue weighted by molar-refractivity contribution is 7.99. The van der Waals surface area contributed by atoms with Gasteiger partial charge in [-0.2, -0.15) is 0 Å². The maximum atomic E-state index is 12.6. The Bertz CT molecular complexity index is 559. The molecule has 0 aliphatic carbocycles. The van der Waals surface area contributed by atoms with Crippen LogP contribution < -0.4 is 4.90 Å². The molecule has 1 aromatic carbocycles. The first-order chi connectivity index (χ1) is 11.2. The van der Waals surface area contributed by atoms with E-state index in [1.165, 1.54) is 16.1 Å². The summed E-state index contributed by atoms with van der Waals surface area (Å²) in [7, 11) is 0. The number of nitrogens with zero attached hydrogens (tertiary/aromatic N) is 3. The first-order valence-corrected chi connectivity index (χ1v) is 9.25. The molecule has 3 rings (SSSR count). The summed E-state index contributed by atoms with van der Waals surface area (Å²) in [6.07, 6.45) is 0. The third-order valence-electron chi connectivity index (χ3n) is 4.54. The monoisotopic (exact) mass is 335 g/mol. The molecule has 1 saturated heterocycles. The van der Waals surface area contributed by atoms with E-state index in [0.29, 0.717) is 13.1 Å². The number of carbonyl (C=O) groups excluding carboxylic acids is 1. The van der Waals surface area contributed by atoms with Gasteiger partial charge >= 0.3 is 0 Å². The SMILES string of the molecule is Cc1ccc2c(c1)N(CC(=O)N1CCN(CCO)CC1)CCS2. The summed E-state index contributed by atoms with van der Waals surface area (Å²) in [5.74, 6) is 1.25. The summed E-state index contributed by atoms with van der Waals surface area (Å²) in [4.78, 5) is 20.3. The summed E-state index contributed by atoms with van der Waals surface area (Å²) in [5.41, 5.74) is 2.44. The Labute approximate surface area is 142 Å². The average molecular weight is 335 g/mol. The van der Waals surface area contributed by atoms with E-state index in [9.17, 15) is 4.79 Å². The molecule has 0 aromatic heterocycles. The van der Waals surface area contributed by atoms with E-state index in [2.05, 4.69) is 34.9 Å². The molecule has 23 heavy (non-hydrogen) atoms. The van der Waals surface area contributed by atoms with Crippen molar-refractivity contribution in [3.05, 3.63) is 23.8 Å². The van der Waals surface area contributed by atoms with Gasteiger partial charge in [0.15, 0.2) is 0 Å². The Morgan fingerprint density at radius 2 is 2.00 bits per heavy atom. The van der Waals surface area contributed by atoms with Gasteiger partial charge in [-0.15, -0.1) is 11.8 Å². The minimum absolute atomic E-state index is 0.190. The summed E-state index contributed by atoms with van der Waals surface area (Å²) in [6.45, 7) is 7.64. The van der Waals surface area contributed by atoms with Crippen molar-refractivity contribution in [2.45, 2.75) is 11.8 Å². The van der Waals surface area contributed by atoms with E-state index in [-0.39, 0.29) is 12.5 Å². The van der Waals surface area contributed by atoms with E-state index in [4.69, 9.17) is 5.11 Å². The van der Waals surface area contributed by atoms with Crippen LogP contribution in [0.5, 0.6) is 0 Å². The third-order valence-corrected chi connectivity index (χ3v) is 5.58. The molecular formula is C17H25N3O2S. The number of anilines is 1. The van der Waals surface area contributed by atoms with Gasteiger partial charge in [0.05, 0.1) is 18.8 Å². The number of piperazine rings is 1. The fraction of sp³-hybridized carbons (Fsp3) is 0.588. The summed E-state index contributed by atoms with van der Waals surface area (Å²) < 4.78 is 0. The molecule has 1 N–H and O–H groups in total. The van der Waals surface area contributed by atoms with Gasteiger partial charge in [0.2, 0.25) is 5.91 Å². The number of rotatable bonds is 4. The zero-order valence-corrected chi connectivity index (χ0v) is 14.5. The lowest BCUT2D eigenvalue weighted by molar-refractivity contribution is -0.131. The van der Waals surface area contributed by atoms with Gasteiger partial charge in [0.25, 0.3) is 0 Å².